The first-order valence-corrected chi connectivity index (χ1v) is 6.89. The van der Waals surface area contributed by atoms with Gasteiger partial charge in [0.25, 0.3) is 0 Å². The molecular weight excluding hydrogens is 238 g/mol. The summed E-state index contributed by atoms with van der Waals surface area (Å²) in [5, 5.41) is 3.08. The molecule has 1 heterocycles. The highest BCUT2D eigenvalue weighted by Gasteiger charge is 2.25. The molecule has 2 rings (SSSR count). The van der Waals surface area contributed by atoms with E-state index in [0.717, 1.165) is 24.9 Å². The van der Waals surface area contributed by atoms with Crippen LogP contribution in [0.1, 0.15) is 31.4 Å². The highest BCUT2D eigenvalue weighted by molar-refractivity contribution is 5.83. The van der Waals surface area contributed by atoms with Crippen LogP contribution < -0.4 is 11.1 Å². The predicted octanol–water partition coefficient (Wildman–Crippen LogP) is 1.29. The molecule has 1 amide bonds. The van der Waals surface area contributed by atoms with Gasteiger partial charge in [-0.1, -0.05) is 30.3 Å². The van der Waals surface area contributed by atoms with Gasteiger partial charge in [0.1, 0.15) is 6.04 Å². The number of nitrogens with zero attached hydrogens (tertiary/aromatic N) is 1. The number of carbonyl (C=O) groups is 1. The average Bonchev–Trinajstić information content (AvgIpc) is 2.43. The molecule has 0 radical (unpaired) electrons. The molecule has 104 valence electrons. The van der Waals surface area contributed by atoms with E-state index < -0.39 is 6.04 Å². The van der Waals surface area contributed by atoms with E-state index in [2.05, 4.69) is 24.2 Å². The molecule has 4 nitrogen and oxygen atoms in total. The maximum Gasteiger partial charge on any atom is 0.241 e. The first-order valence-electron chi connectivity index (χ1n) is 6.89. The molecule has 1 aliphatic rings. The van der Waals surface area contributed by atoms with Crippen LogP contribution in [0.5, 0.6) is 0 Å². The minimum atomic E-state index is -0.573. The number of nitrogens with one attached hydrogen (secondary N) is 1. The summed E-state index contributed by atoms with van der Waals surface area (Å²) in [6.07, 6.45) is 1.98. The zero-order valence-corrected chi connectivity index (χ0v) is 11.7. The number of piperidine rings is 1. The van der Waals surface area contributed by atoms with Gasteiger partial charge in [0.2, 0.25) is 5.91 Å². The molecule has 1 aliphatic heterocycles. The normalized spacial score (nSPS) is 25.8. The first-order chi connectivity index (χ1) is 9.08. The molecule has 3 N–H and O–H groups in total. The highest BCUT2D eigenvalue weighted by Crippen LogP contribution is 2.17. The van der Waals surface area contributed by atoms with Gasteiger partial charge in [-0.25, -0.2) is 0 Å². The summed E-state index contributed by atoms with van der Waals surface area (Å²) in [5.74, 6) is -0.0760. The highest BCUT2D eigenvalue weighted by atomic mass is 16.2. The van der Waals surface area contributed by atoms with E-state index in [4.69, 9.17) is 5.73 Å². The summed E-state index contributed by atoms with van der Waals surface area (Å²) < 4.78 is 0. The van der Waals surface area contributed by atoms with Crippen LogP contribution in [0.25, 0.3) is 0 Å². The Balaban J connectivity index is 1.91. The van der Waals surface area contributed by atoms with Crippen molar-refractivity contribution in [1.29, 1.82) is 0 Å². The molecule has 0 saturated carbocycles. The van der Waals surface area contributed by atoms with Crippen molar-refractivity contribution in [2.24, 2.45) is 5.73 Å². The summed E-state index contributed by atoms with van der Waals surface area (Å²) in [7, 11) is 2.12. The molecule has 0 aliphatic carbocycles. The third-order valence-electron chi connectivity index (χ3n) is 4.00. The minimum absolute atomic E-state index is 0.0760. The fourth-order valence-corrected chi connectivity index (χ4v) is 2.52. The second kappa shape index (κ2) is 6.17. The lowest BCUT2D eigenvalue weighted by molar-refractivity contribution is -0.123. The monoisotopic (exact) mass is 261 g/mol. The molecule has 1 aromatic rings. The SMILES string of the molecule is CC1CC(NC(=O)[C@@H](N)c2ccccc2)CCN1C. The van der Waals surface area contributed by atoms with E-state index in [1.165, 1.54) is 0 Å². The molecule has 1 aromatic carbocycles. The first kappa shape index (κ1) is 14.0. The summed E-state index contributed by atoms with van der Waals surface area (Å²) in [6, 6.07) is 9.69. The largest absolute Gasteiger partial charge is 0.352 e. The van der Waals surface area contributed by atoms with Gasteiger partial charge >= 0.3 is 0 Å². The Morgan fingerprint density at radius 2 is 2.11 bits per heavy atom. The number of rotatable bonds is 3. The van der Waals surface area contributed by atoms with Gasteiger partial charge < -0.3 is 16.0 Å². The molecule has 3 atom stereocenters. The predicted molar refractivity (Wildman–Crippen MR) is 76.6 cm³/mol. The molecule has 4 heteroatoms. The molecule has 0 bridgehead atoms. The maximum absolute atomic E-state index is 12.2. The summed E-state index contributed by atoms with van der Waals surface area (Å²) in [5.41, 5.74) is 6.86. The summed E-state index contributed by atoms with van der Waals surface area (Å²) >= 11 is 0. The number of hydrogen-bond acceptors (Lipinski definition) is 3. The third kappa shape index (κ3) is 3.55. The van der Waals surface area contributed by atoms with Gasteiger partial charge in [0.15, 0.2) is 0 Å². The Morgan fingerprint density at radius 1 is 1.42 bits per heavy atom. The van der Waals surface area contributed by atoms with E-state index in [1.807, 2.05) is 30.3 Å². The maximum atomic E-state index is 12.2. The zero-order chi connectivity index (χ0) is 13.8. The summed E-state index contributed by atoms with van der Waals surface area (Å²) in [4.78, 5) is 14.5. The zero-order valence-electron chi connectivity index (χ0n) is 11.7. The number of nitrogens with two attached hydrogens (primary N) is 1. The number of likely N-dealkylation sites (tertiary alicyclic amines) is 1. The lowest BCUT2D eigenvalue weighted by Gasteiger charge is -2.35. The van der Waals surface area contributed by atoms with Crippen molar-refractivity contribution in [2.75, 3.05) is 13.6 Å². The van der Waals surface area contributed by atoms with Crippen LogP contribution >= 0.6 is 0 Å². The Hall–Kier alpha value is -1.39. The topological polar surface area (TPSA) is 58.4 Å². The van der Waals surface area contributed by atoms with Crippen molar-refractivity contribution in [2.45, 2.75) is 37.9 Å². The lowest BCUT2D eigenvalue weighted by atomic mass is 9.98. The van der Waals surface area contributed by atoms with Crippen molar-refractivity contribution >= 4 is 5.91 Å². The van der Waals surface area contributed by atoms with Crippen molar-refractivity contribution in [3.63, 3.8) is 0 Å². The van der Waals surface area contributed by atoms with Crippen molar-refractivity contribution in [3.05, 3.63) is 35.9 Å². The van der Waals surface area contributed by atoms with Crippen LogP contribution in [0.2, 0.25) is 0 Å². The molecular formula is C15H23N3O. The van der Waals surface area contributed by atoms with Crippen molar-refractivity contribution in [3.8, 4) is 0 Å². The van der Waals surface area contributed by atoms with E-state index >= 15 is 0 Å². The molecule has 0 spiro atoms. The lowest BCUT2D eigenvalue weighted by Crippen LogP contribution is -2.49. The minimum Gasteiger partial charge on any atom is -0.352 e. The molecule has 1 fully saturated rings. The Labute approximate surface area is 115 Å². The fourth-order valence-electron chi connectivity index (χ4n) is 2.52. The number of carbonyl (C=O) groups excluding carboxylic acids is 1. The number of amides is 1. The molecule has 2 unspecified atom stereocenters. The standard InChI is InChI=1S/C15H23N3O/c1-11-10-13(8-9-18(11)2)17-15(19)14(16)12-6-4-3-5-7-12/h3-7,11,13-14H,8-10,16H2,1-2H3,(H,17,19)/t11?,13?,14-/m0/s1. The van der Waals surface area contributed by atoms with E-state index in [9.17, 15) is 4.79 Å². The van der Waals surface area contributed by atoms with Gasteiger partial charge in [-0.15, -0.1) is 0 Å². The van der Waals surface area contributed by atoms with Crippen LogP contribution in [0.4, 0.5) is 0 Å². The van der Waals surface area contributed by atoms with Crippen molar-refractivity contribution in [1.82, 2.24) is 10.2 Å². The van der Waals surface area contributed by atoms with Crippen LogP contribution in [0, 0.1) is 0 Å². The second-order valence-corrected chi connectivity index (χ2v) is 5.45. The number of benzene rings is 1. The summed E-state index contributed by atoms with van der Waals surface area (Å²) in [6.45, 7) is 3.21. The Kier molecular flexibility index (Phi) is 4.56. The van der Waals surface area contributed by atoms with E-state index in [1.54, 1.807) is 0 Å². The van der Waals surface area contributed by atoms with E-state index in [-0.39, 0.29) is 11.9 Å². The van der Waals surface area contributed by atoms with Gasteiger partial charge in [-0.2, -0.15) is 0 Å². The number of hydrogen-bond donors (Lipinski definition) is 2. The second-order valence-electron chi connectivity index (χ2n) is 5.45. The molecule has 1 saturated heterocycles. The van der Waals surface area contributed by atoms with Crippen molar-refractivity contribution < 1.29 is 4.79 Å². The van der Waals surface area contributed by atoms with Gasteiger partial charge in [0, 0.05) is 18.6 Å². The molecule has 0 aromatic heterocycles. The van der Waals surface area contributed by atoms with Crippen LogP contribution in [0.3, 0.4) is 0 Å². The molecule has 19 heavy (non-hydrogen) atoms. The van der Waals surface area contributed by atoms with Crippen LogP contribution in [0.15, 0.2) is 30.3 Å². The third-order valence-corrected chi connectivity index (χ3v) is 4.00. The fraction of sp³-hybridized carbons (Fsp3) is 0.533. The van der Waals surface area contributed by atoms with Gasteiger partial charge in [-0.3, -0.25) is 4.79 Å². The van der Waals surface area contributed by atoms with Crippen LogP contribution in [-0.2, 0) is 4.79 Å². The Bertz CT molecular complexity index is 421. The smallest absolute Gasteiger partial charge is 0.241 e. The van der Waals surface area contributed by atoms with Gasteiger partial charge in [-0.05, 0) is 32.4 Å². The van der Waals surface area contributed by atoms with E-state index in [0.29, 0.717) is 6.04 Å². The van der Waals surface area contributed by atoms with Crippen LogP contribution in [-0.4, -0.2) is 36.5 Å². The average molecular weight is 261 g/mol. The van der Waals surface area contributed by atoms with Gasteiger partial charge in [0.05, 0.1) is 0 Å². The Morgan fingerprint density at radius 3 is 2.74 bits per heavy atom. The quantitative estimate of drug-likeness (QED) is 0.862.